The Hall–Kier alpha value is -1.16. The van der Waals surface area contributed by atoms with Gasteiger partial charge in [-0.15, -0.1) is 11.3 Å². The summed E-state index contributed by atoms with van der Waals surface area (Å²) < 4.78 is 1.62. The van der Waals surface area contributed by atoms with Crippen molar-refractivity contribution in [3.8, 4) is 21.7 Å². The molecule has 0 saturated heterocycles. The Balaban J connectivity index is 2.15. The van der Waals surface area contributed by atoms with E-state index in [4.69, 9.17) is 11.6 Å². The van der Waals surface area contributed by atoms with Crippen molar-refractivity contribution in [2.24, 2.45) is 0 Å². The van der Waals surface area contributed by atoms with Crippen molar-refractivity contribution in [2.75, 3.05) is 0 Å². The molecule has 0 N–H and O–H groups in total. The van der Waals surface area contributed by atoms with Crippen LogP contribution in [0.5, 0.6) is 0 Å². The Morgan fingerprint density at radius 3 is 2.26 bits per heavy atom. The van der Waals surface area contributed by atoms with E-state index >= 15 is 0 Å². The molecular formula is C15H9BrClNS. The summed E-state index contributed by atoms with van der Waals surface area (Å²) in [6.45, 7) is 0. The fraction of sp³-hybridized carbons (Fsp3) is 0. The molecule has 1 aromatic heterocycles. The monoisotopic (exact) mass is 349 g/mol. The number of rotatable bonds is 2. The van der Waals surface area contributed by atoms with E-state index in [2.05, 4.69) is 33.0 Å². The van der Waals surface area contributed by atoms with Gasteiger partial charge in [0.2, 0.25) is 0 Å². The average Bonchev–Trinajstić information content (AvgIpc) is 2.83. The Morgan fingerprint density at radius 1 is 0.895 bits per heavy atom. The van der Waals surface area contributed by atoms with Gasteiger partial charge in [0.15, 0.2) is 4.47 Å². The molecule has 3 aromatic rings. The number of halogens is 2. The van der Waals surface area contributed by atoms with Crippen LogP contribution in [0.3, 0.4) is 0 Å². The molecule has 0 fully saturated rings. The smallest absolute Gasteiger partial charge is 0.184 e. The van der Waals surface area contributed by atoms with Crippen molar-refractivity contribution >= 4 is 38.9 Å². The summed E-state index contributed by atoms with van der Waals surface area (Å²) in [5.74, 6) is 0. The zero-order chi connectivity index (χ0) is 13.2. The molecule has 0 aliphatic heterocycles. The van der Waals surface area contributed by atoms with Crippen molar-refractivity contribution < 1.29 is 0 Å². The Morgan fingerprint density at radius 2 is 1.58 bits per heavy atom. The van der Waals surface area contributed by atoms with E-state index in [1.165, 1.54) is 11.3 Å². The predicted molar refractivity (Wildman–Crippen MR) is 85.7 cm³/mol. The molecular weight excluding hydrogens is 342 g/mol. The van der Waals surface area contributed by atoms with Crippen LogP contribution in [0.1, 0.15) is 0 Å². The number of thiazole rings is 1. The van der Waals surface area contributed by atoms with Crippen LogP contribution < -0.4 is 0 Å². The highest BCUT2D eigenvalue weighted by molar-refractivity contribution is 9.10. The molecule has 19 heavy (non-hydrogen) atoms. The highest BCUT2D eigenvalue weighted by atomic mass is 79.9. The highest BCUT2D eigenvalue weighted by Crippen LogP contribution is 2.38. The second kappa shape index (κ2) is 5.45. The van der Waals surface area contributed by atoms with E-state index in [1.54, 1.807) is 0 Å². The SMILES string of the molecule is Clc1nc(-c2ccc(Br)cc2)c(-c2ccccc2)s1. The highest BCUT2D eigenvalue weighted by Gasteiger charge is 2.13. The average molecular weight is 351 g/mol. The molecule has 0 unspecified atom stereocenters. The molecule has 3 rings (SSSR count). The standard InChI is InChI=1S/C15H9BrClNS/c16-12-8-6-10(7-9-12)13-14(19-15(17)18-13)11-4-2-1-3-5-11/h1-9H. The first-order valence-corrected chi connectivity index (χ1v) is 7.70. The summed E-state index contributed by atoms with van der Waals surface area (Å²) in [6, 6.07) is 18.3. The lowest BCUT2D eigenvalue weighted by molar-refractivity contribution is 1.40. The lowest BCUT2D eigenvalue weighted by Crippen LogP contribution is -1.81. The lowest BCUT2D eigenvalue weighted by Gasteiger charge is -2.02. The Kier molecular flexibility index (Phi) is 3.69. The summed E-state index contributed by atoms with van der Waals surface area (Å²) in [4.78, 5) is 5.56. The van der Waals surface area contributed by atoms with Crippen molar-refractivity contribution in [3.05, 3.63) is 63.5 Å². The van der Waals surface area contributed by atoms with Crippen molar-refractivity contribution in [2.45, 2.75) is 0 Å². The maximum atomic E-state index is 6.09. The van der Waals surface area contributed by atoms with Crippen LogP contribution in [0, 0.1) is 0 Å². The van der Waals surface area contributed by atoms with Crippen LogP contribution in [-0.4, -0.2) is 4.98 Å². The van der Waals surface area contributed by atoms with E-state index in [0.29, 0.717) is 4.47 Å². The van der Waals surface area contributed by atoms with Gasteiger partial charge in [-0.2, -0.15) is 0 Å². The van der Waals surface area contributed by atoms with Gasteiger partial charge in [-0.1, -0.05) is 70.0 Å². The van der Waals surface area contributed by atoms with E-state index in [1.807, 2.05) is 42.5 Å². The fourth-order valence-corrected chi connectivity index (χ4v) is 3.28. The van der Waals surface area contributed by atoms with Crippen LogP contribution >= 0.6 is 38.9 Å². The summed E-state index contributed by atoms with van der Waals surface area (Å²) in [5, 5.41) is 0. The Bertz CT molecular complexity index is 692. The van der Waals surface area contributed by atoms with E-state index < -0.39 is 0 Å². The van der Waals surface area contributed by atoms with Gasteiger partial charge < -0.3 is 0 Å². The maximum Gasteiger partial charge on any atom is 0.184 e. The number of aromatic nitrogens is 1. The molecule has 0 aliphatic rings. The number of benzene rings is 2. The first kappa shape index (κ1) is 12.9. The molecule has 0 atom stereocenters. The van der Waals surface area contributed by atoms with Gasteiger partial charge in [0.25, 0.3) is 0 Å². The zero-order valence-corrected chi connectivity index (χ0v) is 13.0. The molecule has 0 radical (unpaired) electrons. The third kappa shape index (κ3) is 2.73. The van der Waals surface area contributed by atoms with Crippen molar-refractivity contribution in [1.82, 2.24) is 4.98 Å². The molecule has 1 heterocycles. The van der Waals surface area contributed by atoms with E-state index in [9.17, 15) is 0 Å². The molecule has 0 spiro atoms. The minimum atomic E-state index is 0.566. The molecule has 0 amide bonds. The molecule has 0 saturated carbocycles. The van der Waals surface area contributed by atoms with Crippen LogP contribution in [-0.2, 0) is 0 Å². The summed E-state index contributed by atoms with van der Waals surface area (Å²) >= 11 is 11.0. The quantitative estimate of drug-likeness (QED) is 0.561. The van der Waals surface area contributed by atoms with Gasteiger partial charge in [-0.3, -0.25) is 0 Å². The van der Waals surface area contributed by atoms with Crippen LogP contribution in [0.4, 0.5) is 0 Å². The van der Waals surface area contributed by atoms with E-state index in [0.717, 1.165) is 26.2 Å². The minimum absolute atomic E-state index is 0.566. The summed E-state index contributed by atoms with van der Waals surface area (Å²) in [5.41, 5.74) is 3.16. The zero-order valence-electron chi connectivity index (χ0n) is 9.81. The maximum absolute atomic E-state index is 6.09. The van der Waals surface area contributed by atoms with E-state index in [-0.39, 0.29) is 0 Å². The predicted octanol–water partition coefficient (Wildman–Crippen LogP) is 5.89. The lowest BCUT2D eigenvalue weighted by atomic mass is 10.1. The van der Waals surface area contributed by atoms with Crippen LogP contribution in [0.2, 0.25) is 4.47 Å². The van der Waals surface area contributed by atoms with Crippen molar-refractivity contribution in [1.29, 1.82) is 0 Å². The number of nitrogens with zero attached hydrogens (tertiary/aromatic N) is 1. The molecule has 2 aromatic carbocycles. The molecule has 4 heteroatoms. The number of hydrogen-bond donors (Lipinski definition) is 0. The van der Waals surface area contributed by atoms with Crippen LogP contribution in [0.15, 0.2) is 59.1 Å². The van der Waals surface area contributed by atoms with Crippen LogP contribution in [0.25, 0.3) is 21.7 Å². The molecule has 94 valence electrons. The minimum Gasteiger partial charge on any atom is -0.224 e. The van der Waals surface area contributed by atoms with Gasteiger partial charge in [-0.25, -0.2) is 4.98 Å². The van der Waals surface area contributed by atoms with Gasteiger partial charge in [-0.05, 0) is 17.7 Å². The Labute approximate surface area is 129 Å². The third-order valence-electron chi connectivity index (χ3n) is 2.75. The first-order chi connectivity index (χ1) is 9.24. The van der Waals surface area contributed by atoms with Gasteiger partial charge in [0, 0.05) is 10.0 Å². The normalized spacial score (nSPS) is 10.6. The van der Waals surface area contributed by atoms with Gasteiger partial charge in [0.1, 0.15) is 0 Å². The molecule has 1 nitrogen and oxygen atoms in total. The summed E-state index contributed by atoms with van der Waals surface area (Å²) in [6.07, 6.45) is 0. The molecule has 0 aliphatic carbocycles. The summed E-state index contributed by atoms with van der Waals surface area (Å²) in [7, 11) is 0. The van der Waals surface area contributed by atoms with Crippen molar-refractivity contribution in [3.63, 3.8) is 0 Å². The second-order valence-electron chi connectivity index (χ2n) is 4.02. The second-order valence-corrected chi connectivity index (χ2v) is 6.51. The first-order valence-electron chi connectivity index (χ1n) is 5.72. The largest absolute Gasteiger partial charge is 0.224 e. The van der Waals surface area contributed by atoms with Gasteiger partial charge >= 0.3 is 0 Å². The van der Waals surface area contributed by atoms with Gasteiger partial charge in [0.05, 0.1) is 10.6 Å². The number of hydrogen-bond acceptors (Lipinski definition) is 2. The third-order valence-corrected chi connectivity index (χ3v) is 4.49. The topological polar surface area (TPSA) is 12.9 Å². The fourth-order valence-electron chi connectivity index (χ4n) is 1.88. The molecule has 0 bridgehead atoms.